The SMILES string of the molecule is O=C(OCc1nc(-c2ccccc2)no1)C1CC2CCC1C2. The number of esters is 1. The third kappa shape index (κ3) is 2.51. The molecule has 2 fully saturated rings. The Hall–Kier alpha value is -2.17. The normalized spacial score (nSPS) is 26.3. The van der Waals surface area contributed by atoms with Crippen LogP contribution in [0.1, 0.15) is 31.6 Å². The van der Waals surface area contributed by atoms with Crippen molar-refractivity contribution in [3.8, 4) is 11.4 Å². The van der Waals surface area contributed by atoms with Gasteiger partial charge in [0.15, 0.2) is 6.61 Å². The van der Waals surface area contributed by atoms with Crippen LogP contribution < -0.4 is 0 Å². The highest BCUT2D eigenvalue weighted by molar-refractivity contribution is 5.73. The predicted molar refractivity (Wildman–Crippen MR) is 78.5 cm³/mol. The predicted octanol–water partition coefficient (Wildman–Crippen LogP) is 3.22. The molecule has 2 aromatic rings. The van der Waals surface area contributed by atoms with Gasteiger partial charge >= 0.3 is 5.97 Å². The minimum atomic E-state index is -0.105. The van der Waals surface area contributed by atoms with Crippen LogP contribution in [-0.4, -0.2) is 16.1 Å². The second kappa shape index (κ2) is 5.55. The average Bonchev–Trinajstić information content (AvgIpc) is 3.29. The van der Waals surface area contributed by atoms with Gasteiger partial charge in [0, 0.05) is 5.56 Å². The maximum Gasteiger partial charge on any atom is 0.309 e. The molecule has 114 valence electrons. The maximum absolute atomic E-state index is 12.2. The second-order valence-corrected chi connectivity index (χ2v) is 6.27. The van der Waals surface area contributed by atoms with Crippen LogP contribution >= 0.6 is 0 Å². The summed E-state index contributed by atoms with van der Waals surface area (Å²) in [5, 5.41) is 3.92. The summed E-state index contributed by atoms with van der Waals surface area (Å²) in [6.45, 7) is 0.0621. The summed E-state index contributed by atoms with van der Waals surface area (Å²) < 4.78 is 10.5. The first-order valence-electron chi connectivity index (χ1n) is 7.84. The Kier molecular flexibility index (Phi) is 3.41. The van der Waals surface area contributed by atoms with E-state index in [9.17, 15) is 4.79 Å². The monoisotopic (exact) mass is 298 g/mol. The molecule has 0 saturated heterocycles. The summed E-state index contributed by atoms with van der Waals surface area (Å²) in [5.41, 5.74) is 0.886. The lowest BCUT2D eigenvalue weighted by molar-refractivity contribution is -0.152. The van der Waals surface area contributed by atoms with Gasteiger partial charge in [-0.2, -0.15) is 4.98 Å². The van der Waals surface area contributed by atoms with E-state index in [0.717, 1.165) is 17.9 Å². The fourth-order valence-electron chi connectivity index (χ4n) is 3.79. The molecule has 2 bridgehead atoms. The van der Waals surface area contributed by atoms with E-state index in [0.29, 0.717) is 17.6 Å². The first kappa shape index (κ1) is 13.5. The van der Waals surface area contributed by atoms with Gasteiger partial charge in [-0.05, 0) is 31.1 Å². The number of fused-ring (bicyclic) bond motifs is 2. The molecule has 0 radical (unpaired) electrons. The molecule has 0 spiro atoms. The van der Waals surface area contributed by atoms with Crippen LogP contribution in [0.5, 0.6) is 0 Å². The number of carbonyl (C=O) groups excluding carboxylic acids is 1. The van der Waals surface area contributed by atoms with Gasteiger partial charge in [0.25, 0.3) is 5.89 Å². The standard InChI is InChI=1S/C17H18N2O3/c20-17(14-9-11-6-7-13(14)8-11)21-10-15-18-16(19-22-15)12-4-2-1-3-5-12/h1-5,11,13-14H,6-10H2. The fraction of sp³-hybridized carbons (Fsp3) is 0.471. The van der Waals surface area contributed by atoms with E-state index < -0.39 is 0 Å². The maximum atomic E-state index is 12.2. The quantitative estimate of drug-likeness (QED) is 0.811. The van der Waals surface area contributed by atoms with Crippen molar-refractivity contribution in [2.75, 3.05) is 0 Å². The molecular weight excluding hydrogens is 280 g/mol. The first-order chi connectivity index (χ1) is 10.8. The average molecular weight is 298 g/mol. The van der Waals surface area contributed by atoms with Gasteiger partial charge in [-0.1, -0.05) is 41.9 Å². The van der Waals surface area contributed by atoms with Crippen molar-refractivity contribution in [3.63, 3.8) is 0 Å². The highest BCUT2D eigenvalue weighted by Crippen LogP contribution is 2.48. The van der Waals surface area contributed by atoms with Crippen molar-refractivity contribution in [1.82, 2.24) is 10.1 Å². The summed E-state index contributed by atoms with van der Waals surface area (Å²) in [6, 6.07) is 9.59. The number of ether oxygens (including phenoxy) is 1. The van der Waals surface area contributed by atoms with Crippen LogP contribution in [0.15, 0.2) is 34.9 Å². The highest BCUT2D eigenvalue weighted by Gasteiger charge is 2.43. The third-order valence-corrected chi connectivity index (χ3v) is 4.88. The van der Waals surface area contributed by atoms with Crippen molar-refractivity contribution in [3.05, 3.63) is 36.2 Å². The Morgan fingerprint density at radius 2 is 2.09 bits per heavy atom. The van der Waals surface area contributed by atoms with E-state index >= 15 is 0 Å². The van der Waals surface area contributed by atoms with Crippen molar-refractivity contribution >= 4 is 5.97 Å². The zero-order chi connectivity index (χ0) is 14.9. The number of hydrogen-bond acceptors (Lipinski definition) is 5. The molecule has 22 heavy (non-hydrogen) atoms. The van der Waals surface area contributed by atoms with Gasteiger partial charge in [-0.3, -0.25) is 4.79 Å². The lowest BCUT2D eigenvalue weighted by atomic mass is 9.89. The molecule has 1 aromatic carbocycles. The van der Waals surface area contributed by atoms with Crippen LogP contribution in [0.4, 0.5) is 0 Å². The van der Waals surface area contributed by atoms with Crippen LogP contribution in [0.3, 0.4) is 0 Å². The number of hydrogen-bond donors (Lipinski definition) is 0. The third-order valence-electron chi connectivity index (χ3n) is 4.88. The summed E-state index contributed by atoms with van der Waals surface area (Å²) in [6.07, 6.45) is 4.63. The molecule has 0 amide bonds. The van der Waals surface area contributed by atoms with Gasteiger partial charge in [0.2, 0.25) is 5.82 Å². The molecule has 4 rings (SSSR count). The summed E-state index contributed by atoms with van der Waals surface area (Å²) >= 11 is 0. The van der Waals surface area contributed by atoms with Crippen LogP contribution in [0.25, 0.3) is 11.4 Å². The Morgan fingerprint density at radius 1 is 1.23 bits per heavy atom. The Morgan fingerprint density at radius 3 is 2.82 bits per heavy atom. The zero-order valence-corrected chi connectivity index (χ0v) is 12.3. The van der Waals surface area contributed by atoms with Gasteiger partial charge in [-0.25, -0.2) is 0 Å². The molecule has 3 atom stereocenters. The Labute approximate surface area is 128 Å². The van der Waals surface area contributed by atoms with Crippen LogP contribution in [-0.2, 0) is 16.1 Å². The van der Waals surface area contributed by atoms with Gasteiger partial charge in [0.1, 0.15) is 0 Å². The highest BCUT2D eigenvalue weighted by atomic mass is 16.6. The minimum absolute atomic E-state index is 0.0621. The number of carbonyl (C=O) groups is 1. The largest absolute Gasteiger partial charge is 0.455 e. The smallest absolute Gasteiger partial charge is 0.309 e. The molecule has 2 saturated carbocycles. The van der Waals surface area contributed by atoms with E-state index in [1.807, 2.05) is 30.3 Å². The van der Waals surface area contributed by atoms with E-state index in [-0.39, 0.29) is 18.5 Å². The molecule has 3 unspecified atom stereocenters. The molecule has 0 N–H and O–H groups in total. The van der Waals surface area contributed by atoms with E-state index in [4.69, 9.17) is 9.26 Å². The van der Waals surface area contributed by atoms with E-state index in [1.165, 1.54) is 19.3 Å². The topological polar surface area (TPSA) is 65.2 Å². The van der Waals surface area contributed by atoms with Crippen molar-refractivity contribution in [1.29, 1.82) is 0 Å². The first-order valence-corrected chi connectivity index (χ1v) is 7.84. The Balaban J connectivity index is 1.36. The van der Waals surface area contributed by atoms with Gasteiger partial charge in [-0.15, -0.1) is 0 Å². The van der Waals surface area contributed by atoms with Gasteiger partial charge in [0.05, 0.1) is 5.92 Å². The molecule has 1 aromatic heterocycles. The zero-order valence-electron chi connectivity index (χ0n) is 12.3. The number of benzene rings is 1. The minimum Gasteiger partial charge on any atom is -0.455 e. The van der Waals surface area contributed by atoms with Crippen LogP contribution in [0, 0.1) is 17.8 Å². The molecule has 5 heteroatoms. The van der Waals surface area contributed by atoms with Gasteiger partial charge < -0.3 is 9.26 Å². The summed E-state index contributed by atoms with van der Waals surface area (Å²) in [4.78, 5) is 16.4. The molecule has 2 aliphatic carbocycles. The van der Waals surface area contributed by atoms with E-state index in [2.05, 4.69) is 10.1 Å². The summed E-state index contributed by atoms with van der Waals surface area (Å²) in [7, 11) is 0. The molecule has 0 aliphatic heterocycles. The van der Waals surface area contributed by atoms with Crippen molar-refractivity contribution in [2.24, 2.45) is 17.8 Å². The number of rotatable bonds is 4. The lowest BCUT2D eigenvalue weighted by Crippen LogP contribution is -2.23. The molecule has 2 aliphatic rings. The molecule has 5 nitrogen and oxygen atoms in total. The van der Waals surface area contributed by atoms with Crippen LogP contribution in [0.2, 0.25) is 0 Å². The number of nitrogens with zero attached hydrogens (tertiary/aromatic N) is 2. The van der Waals surface area contributed by atoms with E-state index in [1.54, 1.807) is 0 Å². The fourth-order valence-corrected chi connectivity index (χ4v) is 3.79. The Bertz CT molecular complexity index is 668. The number of aromatic nitrogens is 2. The second-order valence-electron chi connectivity index (χ2n) is 6.27. The van der Waals surface area contributed by atoms with Crippen molar-refractivity contribution in [2.45, 2.75) is 32.3 Å². The molecule has 1 heterocycles. The molecular formula is C17H18N2O3. The lowest BCUT2D eigenvalue weighted by Gasteiger charge is -2.19. The van der Waals surface area contributed by atoms with Crippen molar-refractivity contribution < 1.29 is 14.1 Å². The summed E-state index contributed by atoms with van der Waals surface area (Å²) in [5.74, 6) is 2.10.